The van der Waals surface area contributed by atoms with E-state index in [9.17, 15) is 4.79 Å². The van der Waals surface area contributed by atoms with Crippen molar-refractivity contribution in [3.8, 4) is 11.3 Å². The lowest BCUT2D eigenvalue weighted by Crippen LogP contribution is -2.53. The molecule has 0 unspecified atom stereocenters. The molecule has 1 saturated heterocycles. The quantitative estimate of drug-likeness (QED) is 0.756. The molecule has 1 fully saturated rings. The van der Waals surface area contributed by atoms with E-state index in [0.29, 0.717) is 12.3 Å². The van der Waals surface area contributed by atoms with Crippen molar-refractivity contribution >= 4 is 5.91 Å². The Hall–Kier alpha value is -2.14. The number of piperidine rings is 1. The first kappa shape index (κ1) is 20.6. The molecule has 0 radical (unpaired) electrons. The van der Waals surface area contributed by atoms with Gasteiger partial charge in [-0.05, 0) is 32.2 Å². The van der Waals surface area contributed by atoms with Gasteiger partial charge in [0.1, 0.15) is 11.5 Å². The van der Waals surface area contributed by atoms with Crippen LogP contribution in [-0.2, 0) is 11.2 Å². The van der Waals surface area contributed by atoms with E-state index in [1.165, 1.54) is 5.56 Å². The molecular weight excluding hydrogens is 350 g/mol. The van der Waals surface area contributed by atoms with Crippen LogP contribution in [0.5, 0.6) is 0 Å². The minimum atomic E-state index is -0.444. The third kappa shape index (κ3) is 4.64. The second-order valence-electron chi connectivity index (χ2n) is 8.93. The summed E-state index contributed by atoms with van der Waals surface area (Å²) >= 11 is 0. The standard InChI is InChI=1S/C23H33N3O2/c1-17(2)15-26-12-6-11-23(16-26,22(27)25(4)5)14-20-13-21(24-28-20)19-9-7-18(3)8-10-19/h7-10,13,17H,6,11-12,14-16H2,1-5H3/t23-/m1/s1. The van der Waals surface area contributed by atoms with Gasteiger partial charge in [0, 0.05) is 45.2 Å². The number of carbonyl (C=O) groups is 1. The lowest BCUT2D eigenvalue weighted by atomic mass is 9.75. The van der Waals surface area contributed by atoms with Gasteiger partial charge < -0.3 is 14.3 Å². The number of rotatable bonds is 6. The molecule has 152 valence electrons. The first-order valence-corrected chi connectivity index (χ1v) is 10.3. The lowest BCUT2D eigenvalue weighted by Gasteiger charge is -2.43. The van der Waals surface area contributed by atoms with Crippen molar-refractivity contribution in [3.63, 3.8) is 0 Å². The van der Waals surface area contributed by atoms with Gasteiger partial charge in [-0.2, -0.15) is 0 Å². The molecule has 5 heteroatoms. The van der Waals surface area contributed by atoms with Gasteiger partial charge in [0.05, 0.1) is 5.41 Å². The Morgan fingerprint density at radius 1 is 1.29 bits per heavy atom. The molecule has 1 aliphatic heterocycles. The van der Waals surface area contributed by atoms with Crippen molar-refractivity contribution < 1.29 is 9.32 Å². The smallest absolute Gasteiger partial charge is 0.230 e. The molecular formula is C23H33N3O2. The third-order valence-corrected chi connectivity index (χ3v) is 5.56. The minimum absolute atomic E-state index is 0.189. The summed E-state index contributed by atoms with van der Waals surface area (Å²) in [7, 11) is 3.70. The predicted molar refractivity (Wildman–Crippen MR) is 112 cm³/mol. The molecule has 1 aromatic heterocycles. The van der Waals surface area contributed by atoms with Crippen LogP contribution >= 0.6 is 0 Å². The summed E-state index contributed by atoms with van der Waals surface area (Å²) in [6.45, 7) is 9.39. The number of aryl methyl sites for hydroxylation is 1. The van der Waals surface area contributed by atoms with Crippen LogP contribution in [0.25, 0.3) is 11.3 Å². The molecule has 0 saturated carbocycles. The number of hydrogen-bond acceptors (Lipinski definition) is 4. The van der Waals surface area contributed by atoms with Gasteiger partial charge in [-0.15, -0.1) is 0 Å². The van der Waals surface area contributed by atoms with Crippen molar-refractivity contribution in [2.45, 2.75) is 40.0 Å². The summed E-state index contributed by atoms with van der Waals surface area (Å²) in [6.07, 6.45) is 2.52. The molecule has 2 heterocycles. The first-order chi connectivity index (χ1) is 13.3. The SMILES string of the molecule is Cc1ccc(-c2cc(C[C@]3(C(=O)N(C)C)CCCN(CC(C)C)C3)on2)cc1. The molecule has 5 nitrogen and oxygen atoms in total. The third-order valence-electron chi connectivity index (χ3n) is 5.56. The summed E-state index contributed by atoms with van der Waals surface area (Å²) in [6, 6.07) is 10.3. The van der Waals surface area contributed by atoms with E-state index in [-0.39, 0.29) is 5.91 Å². The molecule has 1 atom stereocenters. The van der Waals surface area contributed by atoms with E-state index in [0.717, 1.165) is 49.5 Å². The molecule has 1 aliphatic rings. The Morgan fingerprint density at radius 2 is 2.00 bits per heavy atom. The Balaban J connectivity index is 1.84. The van der Waals surface area contributed by atoms with Crippen molar-refractivity contribution in [2.24, 2.45) is 11.3 Å². The van der Waals surface area contributed by atoms with Gasteiger partial charge in [0.15, 0.2) is 0 Å². The molecule has 1 amide bonds. The van der Waals surface area contributed by atoms with Gasteiger partial charge >= 0.3 is 0 Å². The van der Waals surface area contributed by atoms with Crippen LogP contribution in [0.2, 0.25) is 0 Å². The molecule has 2 aromatic rings. The van der Waals surface area contributed by atoms with Crippen LogP contribution < -0.4 is 0 Å². The summed E-state index contributed by atoms with van der Waals surface area (Å²) in [4.78, 5) is 17.4. The average molecular weight is 384 g/mol. The highest BCUT2D eigenvalue weighted by Crippen LogP contribution is 2.36. The molecule has 1 aromatic carbocycles. The van der Waals surface area contributed by atoms with Gasteiger partial charge in [0.2, 0.25) is 5.91 Å². The maximum Gasteiger partial charge on any atom is 0.230 e. The van der Waals surface area contributed by atoms with E-state index >= 15 is 0 Å². The van der Waals surface area contributed by atoms with E-state index in [4.69, 9.17) is 4.52 Å². The molecule has 28 heavy (non-hydrogen) atoms. The van der Waals surface area contributed by atoms with Crippen LogP contribution in [0.3, 0.4) is 0 Å². The predicted octanol–water partition coefficient (Wildman–Crippen LogP) is 4.02. The molecule has 0 spiro atoms. The first-order valence-electron chi connectivity index (χ1n) is 10.3. The summed E-state index contributed by atoms with van der Waals surface area (Å²) in [5, 5.41) is 4.27. The molecule has 3 rings (SSSR count). The fourth-order valence-electron chi connectivity index (χ4n) is 4.36. The number of hydrogen-bond donors (Lipinski definition) is 0. The van der Waals surface area contributed by atoms with Gasteiger partial charge in [0.25, 0.3) is 0 Å². The lowest BCUT2D eigenvalue weighted by molar-refractivity contribution is -0.143. The van der Waals surface area contributed by atoms with Crippen LogP contribution in [0.4, 0.5) is 0 Å². The van der Waals surface area contributed by atoms with E-state index in [1.54, 1.807) is 4.90 Å². The summed E-state index contributed by atoms with van der Waals surface area (Å²) in [5.74, 6) is 1.56. The normalized spacial score (nSPS) is 20.5. The molecule has 0 bridgehead atoms. The Bertz CT molecular complexity index is 794. The van der Waals surface area contributed by atoms with E-state index in [1.807, 2.05) is 20.2 Å². The molecule has 0 aliphatic carbocycles. The topological polar surface area (TPSA) is 49.6 Å². The van der Waals surface area contributed by atoms with Gasteiger partial charge in [-0.1, -0.05) is 48.8 Å². The zero-order chi connectivity index (χ0) is 20.3. The number of likely N-dealkylation sites (tertiary alicyclic amines) is 1. The van der Waals surface area contributed by atoms with Gasteiger partial charge in [-0.25, -0.2) is 0 Å². The summed E-state index contributed by atoms with van der Waals surface area (Å²) < 4.78 is 5.68. The summed E-state index contributed by atoms with van der Waals surface area (Å²) in [5.41, 5.74) is 2.65. The van der Waals surface area contributed by atoms with Crippen molar-refractivity contribution in [1.29, 1.82) is 0 Å². The Kier molecular flexibility index (Phi) is 6.23. The number of carbonyl (C=O) groups excluding carboxylic acids is 1. The average Bonchev–Trinajstić information content (AvgIpc) is 3.09. The second-order valence-corrected chi connectivity index (χ2v) is 8.93. The van der Waals surface area contributed by atoms with Crippen LogP contribution in [0.15, 0.2) is 34.9 Å². The van der Waals surface area contributed by atoms with Crippen molar-refractivity contribution in [2.75, 3.05) is 33.7 Å². The largest absolute Gasteiger partial charge is 0.361 e. The zero-order valence-corrected chi connectivity index (χ0v) is 17.9. The van der Waals surface area contributed by atoms with Crippen molar-refractivity contribution in [3.05, 3.63) is 41.7 Å². The van der Waals surface area contributed by atoms with Crippen molar-refractivity contribution in [1.82, 2.24) is 15.0 Å². The fourth-order valence-corrected chi connectivity index (χ4v) is 4.36. The Morgan fingerprint density at radius 3 is 2.64 bits per heavy atom. The highest BCUT2D eigenvalue weighted by Gasteiger charge is 2.44. The number of amides is 1. The van der Waals surface area contributed by atoms with E-state index < -0.39 is 5.41 Å². The maximum absolute atomic E-state index is 13.2. The number of benzene rings is 1. The van der Waals surface area contributed by atoms with E-state index in [2.05, 4.69) is 55.1 Å². The van der Waals surface area contributed by atoms with Crippen LogP contribution in [-0.4, -0.2) is 54.6 Å². The number of aromatic nitrogens is 1. The second kappa shape index (κ2) is 8.48. The molecule has 0 N–H and O–H groups in total. The monoisotopic (exact) mass is 383 g/mol. The highest BCUT2D eigenvalue weighted by molar-refractivity contribution is 5.83. The zero-order valence-electron chi connectivity index (χ0n) is 17.9. The maximum atomic E-state index is 13.2. The Labute approximate surface area is 168 Å². The fraction of sp³-hybridized carbons (Fsp3) is 0.565. The van der Waals surface area contributed by atoms with Crippen LogP contribution in [0.1, 0.15) is 38.0 Å². The highest BCUT2D eigenvalue weighted by atomic mass is 16.5. The van der Waals surface area contributed by atoms with Crippen LogP contribution in [0, 0.1) is 18.3 Å². The number of nitrogens with zero attached hydrogens (tertiary/aromatic N) is 3. The van der Waals surface area contributed by atoms with Gasteiger partial charge in [-0.3, -0.25) is 4.79 Å². The minimum Gasteiger partial charge on any atom is -0.361 e.